The maximum atomic E-state index is 14.1. The van der Waals surface area contributed by atoms with Gasteiger partial charge in [0.1, 0.15) is 27.0 Å². The maximum Gasteiger partial charge on any atom is 0.420 e. The van der Waals surface area contributed by atoms with E-state index in [1.165, 1.54) is 0 Å². The van der Waals surface area contributed by atoms with Crippen LogP contribution >= 0.6 is 0 Å². The van der Waals surface area contributed by atoms with Gasteiger partial charge in [0, 0.05) is 44.3 Å². The van der Waals surface area contributed by atoms with E-state index in [1.807, 2.05) is 6.07 Å². The molecule has 6 nitrogen and oxygen atoms in total. The molecule has 2 aromatic rings. The number of anilines is 1. The third-order valence-corrected chi connectivity index (χ3v) is 9.22. The first-order valence-corrected chi connectivity index (χ1v) is 13.5. The molecule has 196 valence electrons. The van der Waals surface area contributed by atoms with Crippen molar-refractivity contribution in [1.29, 1.82) is 0 Å². The molecule has 1 aromatic carbocycles. The standard InChI is InChI=1S/C26H33B2F3N4O2/c27-25(28,19-4-6-36-7-5-19)35-13-17-9-20(10-18(17)14-35)32-24-21(26(29,30)31)12-22(33-34-24)16-2-1-15-3-8-37-23(15)11-16/h1-2,11-12,17-20H,3-10,13-14,27-28H2,(H,32,34)/t17-,18+,20+. The average Bonchev–Trinajstić information content (AvgIpc) is 3.59. The van der Waals surface area contributed by atoms with Crippen LogP contribution in [0.15, 0.2) is 24.3 Å². The van der Waals surface area contributed by atoms with Crippen molar-refractivity contribution in [3.63, 3.8) is 0 Å². The van der Waals surface area contributed by atoms with Gasteiger partial charge in [0.25, 0.3) is 0 Å². The molecule has 0 bridgehead atoms. The highest BCUT2D eigenvalue weighted by Gasteiger charge is 2.47. The Morgan fingerprint density at radius 3 is 2.41 bits per heavy atom. The molecule has 3 fully saturated rings. The van der Waals surface area contributed by atoms with Crippen LogP contribution in [0.2, 0.25) is 0 Å². The maximum absolute atomic E-state index is 14.1. The summed E-state index contributed by atoms with van der Waals surface area (Å²) in [6.45, 7) is 4.27. The third kappa shape index (κ3) is 4.85. The lowest BCUT2D eigenvalue weighted by molar-refractivity contribution is -0.137. The molecule has 37 heavy (non-hydrogen) atoms. The van der Waals surface area contributed by atoms with Crippen LogP contribution in [0, 0.1) is 17.8 Å². The highest BCUT2D eigenvalue weighted by Crippen LogP contribution is 2.44. The average molecular weight is 512 g/mol. The lowest BCUT2D eigenvalue weighted by Gasteiger charge is -2.45. The van der Waals surface area contributed by atoms with Crippen molar-refractivity contribution in [2.24, 2.45) is 17.8 Å². The van der Waals surface area contributed by atoms with E-state index >= 15 is 0 Å². The van der Waals surface area contributed by atoms with Gasteiger partial charge in [-0.15, -0.1) is 10.2 Å². The van der Waals surface area contributed by atoms with E-state index in [-0.39, 0.29) is 22.9 Å². The summed E-state index contributed by atoms with van der Waals surface area (Å²) < 4.78 is 53.4. The minimum atomic E-state index is -4.53. The number of benzene rings is 1. The first kappa shape index (κ1) is 25.0. The molecule has 3 aliphatic heterocycles. The van der Waals surface area contributed by atoms with E-state index in [0.29, 0.717) is 35.7 Å². The zero-order valence-corrected chi connectivity index (χ0v) is 21.5. The number of aromatic nitrogens is 2. The lowest BCUT2D eigenvalue weighted by atomic mass is 9.52. The van der Waals surface area contributed by atoms with Crippen molar-refractivity contribution < 1.29 is 22.6 Å². The number of rotatable bonds is 5. The van der Waals surface area contributed by atoms with Crippen LogP contribution in [0.5, 0.6) is 5.75 Å². The molecule has 3 atom stereocenters. The number of nitrogens with zero attached hydrogens (tertiary/aromatic N) is 3. The highest BCUT2D eigenvalue weighted by atomic mass is 19.4. The van der Waals surface area contributed by atoms with Crippen LogP contribution in [0.1, 0.15) is 36.8 Å². The summed E-state index contributed by atoms with van der Waals surface area (Å²) in [5.41, 5.74) is 1.07. The van der Waals surface area contributed by atoms with Crippen LogP contribution in [0.4, 0.5) is 19.0 Å². The second kappa shape index (κ2) is 9.49. The quantitative estimate of drug-likeness (QED) is 0.623. The van der Waals surface area contributed by atoms with Gasteiger partial charge >= 0.3 is 6.18 Å². The molecule has 0 radical (unpaired) electrons. The van der Waals surface area contributed by atoms with Crippen molar-refractivity contribution in [2.75, 3.05) is 38.2 Å². The van der Waals surface area contributed by atoms with Crippen LogP contribution in [0.25, 0.3) is 11.3 Å². The van der Waals surface area contributed by atoms with Crippen molar-refractivity contribution in [3.8, 4) is 17.0 Å². The number of hydrogen-bond donors (Lipinski definition) is 1. The van der Waals surface area contributed by atoms with Gasteiger partial charge < -0.3 is 19.7 Å². The van der Waals surface area contributed by atoms with Crippen molar-refractivity contribution >= 4 is 21.5 Å². The Balaban J connectivity index is 1.15. The number of halogens is 3. The number of alkyl halides is 3. The van der Waals surface area contributed by atoms with Crippen molar-refractivity contribution in [3.05, 3.63) is 35.4 Å². The summed E-state index contributed by atoms with van der Waals surface area (Å²) in [5, 5.41) is 11.5. The van der Waals surface area contributed by atoms with Crippen LogP contribution in [-0.2, 0) is 17.3 Å². The van der Waals surface area contributed by atoms with Gasteiger partial charge in [-0.1, -0.05) is 12.1 Å². The summed E-state index contributed by atoms with van der Waals surface area (Å²) in [4.78, 5) is 2.62. The number of hydrogen-bond acceptors (Lipinski definition) is 6. The topological polar surface area (TPSA) is 59.5 Å². The van der Waals surface area contributed by atoms with E-state index in [0.717, 1.165) is 70.0 Å². The molecule has 6 rings (SSSR count). The van der Waals surface area contributed by atoms with Crippen LogP contribution in [-0.4, -0.2) is 75.1 Å². The first-order chi connectivity index (χ1) is 17.7. The summed E-state index contributed by atoms with van der Waals surface area (Å²) in [7, 11) is 4.69. The molecule has 4 aliphatic rings. The summed E-state index contributed by atoms with van der Waals surface area (Å²) in [5.74, 6) is 2.14. The minimum absolute atomic E-state index is 0.0296. The predicted molar refractivity (Wildman–Crippen MR) is 140 cm³/mol. The molecular formula is C26H33B2F3N4O2. The normalized spacial score (nSPS) is 26.6. The smallest absolute Gasteiger partial charge is 0.420 e. The second-order valence-corrected chi connectivity index (χ2v) is 11.7. The van der Waals surface area contributed by atoms with E-state index in [9.17, 15) is 13.2 Å². The summed E-state index contributed by atoms with van der Waals surface area (Å²) >= 11 is 0. The molecule has 1 aliphatic carbocycles. The Bertz CT molecular complexity index is 1150. The zero-order valence-electron chi connectivity index (χ0n) is 21.5. The van der Waals surface area contributed by atoms with Crippen LogP contribution < -0.4 is 10.1 Å². The monoisotopic (exact) mass is 512 g/mol. The largest absolute Gasteiger partial charge is 0.493 e. The van der Waals surface area contributed by atoms with Gasteiger partial charge in [-0.05, 0) is 66.5 Å². The zero-order chi connectivity index (χ0) is 25.8. The molecule has 4 heterocycles. The molecule has 0 spiro atoms. The number of ether oxygens (including phenoxy) is 2. The van der Waals surface area contributed by atoms with Crippen LogP contribution in [0.3, 0.4) is 0 Å². The fourth-order valence-electron chi connectivity index (χ4n) is 6.93. The van der Waals surface area contributed by atoms with Gasteiger partial charge in [-0.25, -0.2) is 0 Å². The molecular weight excluding hydrogens is 479 g/mol. The Hall–Kier alpha value is -2.26. The number of likely N-dealkylation sites (tertiary alicyclic amines) is 1. The lowest BCUT2D eigenvalue weighted by Crippen LogP contribution is -2.56. The second-order valence-electron chi connectivity index (χ2n) is 11.7. The molecule has 11 heteroatoms. The molecule has 1 aromatic heterocycles. The highest BCUT2D eigenvalue weighted by molar-refractivity contribution is 6.40. The Morgan fingerprint density at radius 1 is 0.973 bits per heavy atom. The molecule has 2 saturated heterocycles. The molecule has 0 amide bonds. The van der Waals surface area contributed by atoms with Crippen molar-refractivity contribution in [1.82, 2.24) is 15.1 Å². The fraction of sp³-hybridized carbons (Fsp3) is 0.615. The molecule has 1 saturated carbocycles. The van der Waals surface area contributed by atoms with Gasteiger partial charge in [-0.3, -0.25) is 0 Å². The molecule has 1 N–H and O–H groups in total. The van der Waals surface area contributed by atoms with E-state index in [2.05, 4.69) is 36.1 Å². The Labute approximate surface area is 217 Å². The summed E-state index contributed by atoms with van der Waals surface area (Å²) in [6, 6.07) is 6.52. The van der Waals surface area contributed by atoms with E-state index in [4.69, 9.17) is 9.47 Å². The van der Waals surface area contributed by atoms with Gasteiger partial charge in [-0.2, -0.15) is 13.2 Å². The van der Waals surface area contributed by atoms with Gasteiger partial charge in [0.05, 0.1) is 12.3 Å². The van der Waals surface area contributed by atoms with E-state index in [1.54, 1.807) is 12.1 Å². The Morgan fingerprint density at radius 2 is 1.70 bits per heavy atom. The fourth-order valence-corrected chi connectivity index (χ4v) is 6.93. The van der Waals surface area contributed by atoms with Gasteiger partial charge in [0.15, 0.2) is 5.82 Å². The van der Waals surface area contributed by atoms with Gasteiger partial charge in [0.2, 0.25) is 0 Å². The minimum Gasteiger partial charge on any atom is -0.493 e. The van der Waals surface area contributed by atoms with E-state index < -0.39 is 11.7 Å². The first-order valence-electron chi connectivity index (χ1n) is 13.5. The Kier molecular flexibility index (Phi) is 6.42. The summed E-state index contributed by atoms with van der Waals surface area (Å²) in [6.07, 6.45) is 0.181. The number of nitrogens with one attached hydrogen (secondary N) is 1. The van der Waals surface area contributed by atoms with Crippen molar-refractivity contribution in [2.45, 2.75) is 49.7 Å². The number of fused-ring (bicyclic) bond motifs is 2. The molecule has 0 unspecified atom stereocenters. The third-order valence-electron chi connectivity index (χ3n) is 9.22. The SMILES string of the molecule is BC(B)(C1CCOCC1)N1C[C@H]2C[C@H](Nc3nnc(-c4ccc5c(c4)OCC5)cc3C(F)(F)F)C[C@H]2C1. The predicted octanol–water partition coefficient (Wildman–Crippen LogP) is 2.57.